The van der Waals surface area contributed by atoms with Crippen LogP contribution in [0.25, 0.3) is 6.08 Å². The van der Waals surface area contributed by atoms with Gasteiger partial charge in [-0.2, -0.15) is 0 Å². The van der Waals surface area contributed by atoms with Crippen molar-refractivity contribution in [3.8, 4) is 11.5 Å². The number of hydrogen-bond acceptors (Lipinski definition) is 6. The van der Waals surface area contributed by atoms with Crippen molar-refractivity contribution in [1.82, 2.24) is 9.80 Å². The fraction of sp³-hybridized carbons (Fsp3) is 0.379. The van der Waals surface area contributed by atoms with Crippen molar-refractivity contribution in [1.29, 1.82) is 0 Å². The molecule has 7 nitrogen and oxygen atoms in total. The van der Waals surface area contributed by atoms with Crippen molar-refractivity contribution < 1.29 is 24.2 Å². The SMILES string of the molecule is CCOc1ccc(C2C(C(=O)C=Cc3ccccc3)=C(O)C(=O)N2CCCN(CC)CC)cc1OC. The Balaban J connectivity index is 1.97. The molecule has 0 fully saturated rings. The maximum Gasteiger partial charge on any atom is 0.290 e. The number of carbonyl (C=O) groups excluding carboxylic acids is 2. The van der Waals surface area contributed by atoms with Gasteiger partial charge in [0.05, 0.1) is 25.3 Å². The van der Waals surface area contributed by atoms with Gasteiger partial charge in [0.2, 0.25) is 0 Å². The van der Waals surface area contributed by atoms with Crippen LogP contribution in [0.5, 0.6) is 11.5 Å². The third-order valence-corrected chi connectivity index (χ3v) is 6.37. The largest absolute Gasteiger partial charge is 0.503 e. The van der Waals surface area contributed by atoms with Crippen molar-refractivity contribution >= 4 is 17.8 Å². The van der Waals surface area contributed by atoms with Crippen molar-refractivity contribution in [2.45, 2.75) is 33.2 Å². The summed E-state index contributed by atoms with van der Waals surface area (Å²) in [5, 5.41) is 10.9. The maximum absolute atomic E-state index is 13.4. The molecular formula is C29H36N2O5. The summed E-state index contributed by atoms with van der Waals surface area (Å²) in [6.07, 6.45) is 3.81. The minimum atomic E-state index is -0.730. The number of nitrogens with zero attached hydrogens (tertiary/aromatic N) is 2. The number of rotatable bonds is 13. The lowest BCUT2D eigenvalue weighted by Gasteiger charge is -2.28. The van der Waals surface area contributed by atoms with Crippen LogP contribution in [0, 0.1) is 0 Å². The first kappa shape index (κ1) is 27.0. The van der Waals surface area contributed by atoms with E-state index in [1.807, 2.05) is 43.3 Å². The predicted octanol–water partition coefficient (Wildman–Crippen LogP) is 4.80. The summed E-state index contributed by atoms with van der Waals surface area (Å²) in [7, 11) is 1.55. The van der Waals surface area contributed by atoms with E-state index in [1.165, 1.54) is 6.08 Å². The first-order chi connectivity index (χ1) is 17.4. The van der Waals surface area contributed by atoms with E-state index < -0.39 is 23.5 Å². The summed E-state index contributed by atoms with van der Waals surface area (Å²) in [5.74, 6) is -0.370. The van der Waals surface area contributed by atoms with Crippen LogP contribution >= 0.6 is 0 Å². The first-order valence-electron chi connectivity index (χ1n) is 12.5. The van der Waals surface area contributed by atoms with Gasteiger partial charge in [0.25, 0.3) is 5.91 Å². The van der Waals surface area contributed by atoms with Gasteiger partial charge in [-0.1, -0.05) is 56.3 Å². The van der Waals surface area contributed by atoms with Gasteiger partial charge in [0.15, 0.2) is 23.0 Å². The first-order valence-corrected chi connectivity index (χ1v) is 12.5. The van der Waals surface area contributed by atoms with Gasteiger partial charge >= 0.3 is 0 Å². The fourth-order valence-electron chi connectivity index (χ4n) is 4.44. The Morgan fingerprint density at radius 1 is 1.08 bits per heavy atom. The van der Waals surface area contributed by atoms with Crippen LogP contribution in [0.4, 0.5) is 0 Å². The predicted molar refractivity (Wildman–Crippen MR) is 141 cm³/mol. The van der Waals surface area contributed by atoms with Gasteiger partial charge in [-0.25, -0.2) is 0 Å². The van der Waals surface area contributed by atoms with E-state index in [9.17, 15) is 14.7 Å². The number of ketones is 1. The summed E-state index contributed by atoms with van der Waals surface area (Å²) in [6, 6.07) is 14.1. The lowest BCUT2D eigenvalue weighted by atomic mass is 9.95. The number of aliphatic hydroxyl groups is 1. The van der Waals surface area contributed by atoms with Gasteiger partial charge in [0, 0.05) is 6.54 Å². The molecule has 0 bridgehead atoms. The quantitative estimate of drug-likeness (QED) is 0.405. The molecule has 0 aromatic heterocycles. The molecule has 0 saturated heterocycles. The summed E-state index contributed by atoms with van der Waals surface area (Å²) in [4.78, 5) is 30.4. The standard InChI is InChI=1S/C29H36N2O5/c1-5-30(6-2)18-11-19-31-27(22-15-17-24(36-7-3)25(20-22)35-4)26(28(33)29(31)34)23(32)16-14-21-12-9-8-10-13-21/h8-10,12-17,20,27,33H,5-7,11,18-19H2,1-4H3. The topological polar surface area (TPSA) is 79.3 Å². The zero-order valence-electron chi connectivity index (χ0n) is 21.6. The van der Waals surface area contributed by atoms with E-state index >= 15 is 0 Å². The van der Waals surface area contributed by atoms with Crippen molar-refractivity contribution in [3.63, 3.8) is 0 Å². The Bertz CT molecular complexity index is 1110. The minimum Gasteiger partial charge on any atom is -0.503 e. The summed E-state index contributed by atoms with van der Waals surface area (Å²) in [5.41, 5.74) is 1.60. The molecule has 1 aliphatic heterocycles. The molecule has 1 heterocycles. The van der Waals surface area contributed by atoms with Crippen LogP contribution < -0.4 is 9.47 Å². The molecule has 0 radical (unpaired) electrons. The monoisotopic (exact) mass is 492 g/mol. The average molecular weight is 493 g/mol. The van der Waals surface area contributed by atoms with Crippen molar-refractivity contribution in [2.75, 3.05) is 39.9 Å². The zero-order chi connectivity index (χ0) is 26.1. The number of benzene rings is 2. The van der Waals surface area contributed by atoms with E-state index in [2.05, 4.69) is 18.7 Å². The van der Waals surface area contributed by atoms with Crippen LogP contribution in [-0.2, 0) is 9.59 Å². The summed E-state index contributed by atoms with van der Waals surface area (Å²) < 4.78 is 11.2. The second-order valence-electron chi connectivity index (χ2n) is 8.50. The number of carbonyl (C=O) groups is 2. The lowest BCUT2D eigenvalue weighted by molar-refractivity contribution is -0.129. The molecule has 1 aliphatic rings. The molecule has 1 unspecified atom stereocenters. The number of amides is 1. The molecule has 1 amide bonds. The average Bonchev–Trinajstić information content (AvgIpc) is 3.16. The summed E-state index contributed by atoms with van der Waals surface area (Å²) >= 11 is 0. The molecule has 2 aromatic carbocycles. The zero-order valence-corrected chi connectivity index (χ0v) is 21.6. The van der Waals surface area contributed by atoms with Crippen LogP contribution in [-0.4, -0.2) is 66.5 Å². The van der Waals surface area contributed by atoms with Crippen LogP contribution in [0.3, 0.4) is 0 Å². The molecule has 0 aliphatic carbocycles. The Morgan fingerprint density at radius 2 is 1.81 bits per heavy atom. The van der Waals surface area contributed by atoms with Crippen molar-refractivity contribution in [2.24, 2.45) is 0 Å². The Hall–Kier alpha value is -3.58. The van der Waals surface area contributed by atoms with Crippen LogP contribution in [0.15, 0.2) is 65.9 Å². The molecule has 2 aromatic rings. The van der Waals surface area contributed by atoms with E-state index in [-0.39, 0.29) is 5.57 Å². The highest BCUT2D eigenvalue weighted by atomic mass is 16.5. The van der Waals surface area contributed by atoms with E-state index in [0.717, 1.165) is 25.2 Å². The molecule has 192 valence electrons. The second-order valence-corrected chi connectivity index (χ2v) is 8.50. The molecule has 7 heteroatoms. The highest BCUT2D eigenvalue weighted by Gasteiger charge is 2.42. The number of ether oxygens (including phenoxy) is 2. The normalized spacial score (nSPS) is 15.9. The summed E-state index contributed by atoms with van der Waals surface area (Å²) in [6.45, 7) is 9.61. The molecule has 0 saturated carbocycles. The van der Waals surface area contributed by atoms with E-state index in [0.29, 0.717) is 36.6 Å². The van der Waals surface area contributed by atoms with Gasteiger partial charge in [-0.05, 0) is 62.3 Å². The molecule has 36 heavy (non-hydrogen) atoms. The van der Waals surface area contributed by atoms with Gasteiger partial charge < -0.3 is 24.4 Å². The van der Waals surface area contributed by atoms with Gasteiger partial charge in [-0.3, -0.25) is 9.59 Å². The van der Waals surface area contributed by atoms with Crippen LogP contribution in [0.2, 0.25) is 0 Å². The smallest absolute Gasteiger partial charge is 0.290 e. The van der Waals surface area contributed by atoms with Crippen LogP contribution in [0.1, 0.15) is 44.4 Å². The Kier molecular flexibility index (Phi) is 9.70. The fourth-order valence-corrected chi connectivity index (χ4v) is 4.44. The van der Waals surface area contributed by atoms with Gasteiger partial charge in [0.1, 0.15) is 0 Å². The third-order valence-electron chi connectivity index (χ3n) is 6.37. The highest BCUT2D eigenvalue weighted by molar-refractivity contribution is 6.14. The molecular weight excluding hydrogens is 456 g/mol. The molecule has 3 rings (SSSR count). The molecule has 1 N–H and O–H groups in total. The highest BCUT2D eigenvalue weighted by Crippen LogP contribution is 2.41. The van der Waals surface area contributed by atoms with E-state index in [4.69, 9.17) is 9.47 Å². The third kappa shape index (κ3) is 6.15. The van der Waals surface area contributed by atoms with E-state index in [1.54, 1.807) is 30.2 Å². The number of allylic oxidation sites excluding steroid dienone is 1. The Labute approximate surface area is 213 Å². The van der Waals surface area contributed by atoms with Crippen molar-refractivity contribution in [3.05, 3.63) is 77.1 Å². The minimum absolute atomic E-state index is 0.0706. The second kappa shape index (κ2) is 12.9. The number of methoxy groups -OCH3 is 1. The Morgan fingerprint density at radius 3 is 2.44 bits per heavy atom. The molecule has 0 spiro atoms. The maximum atomic E-state index is 13.4. The number of hydrogen-bond donors (Lipinski definition) is 1. The lowest BCUT2D eigenvalue weighted by Crippen LogP contribution is -2.34. The molecule has 1 atom stereocenters. The number of aliphatic hydroxyl groups excluding tert-OH is 1. The van der Waals surface area contributed by atoms with Gasteiger partial charge in [-0.15, -0.1) is 0 Å².